The van der Waals surface area contributed by atoms with E-state index < -0.39 is 0 Å². The van der Waals surface area contributed by atoms with Crippen LogP contribution in [0.3, 0.4) is 0 Å². The van der Waals surface area contributed by atoms with Gasteiger partial charge >= 0.3 is 0 Å². The van der Waals surface area contributed by atoms with Crippen molar-refractivity contribution >= 4 is 39.4 Å². The Balaban J connectivity index is 1.70. The standard InChI is InChI=1S/C18H14N2O2S/c19-18(20)17-9-13-12(2-1-3-16(13)23-17)6-4-11-5-7-14-15(8-11)22-10-21-14/h1-9H,10H2,(H3,19,20)/b6-4+. The number of nitrogens with two attached hydrogens (primary N) is 1. The van der Waals surface area contributed by atoms with Crippen molar-refractivity contribution in [2.45, 2.75) is 0 Å². The van der Waals surface area contributed by atoms with Crippen LogP contribution in [0.2, 0.25) is 0 Å². The molecule has 2 aromatic carbocycles. The molecule has 23 heavy (non-hydrogen) atoms. The Labute approximate surface area is 137 Å². The molecule has 0 aliphatic carbocycles. The maximum Gasteiger partial charge on any atom is 0.231 e. The summed E-state index contributed by atoms with van der Waals surface area (Å²) in [6.07, 6.45) is 4.11. The van der Waals surface area contributed by atoms with Gasteiger partial charge in [-0.05, 0) is 35.4 Å². The van der Waals surface area contributed by atoms with Crippen molar-refractivity contribution in [3.63, 3.8) is 0 Å². The summed E-state index contributed by atoms with van der Waals surface area (Å²) >= 11 is 1.54. The van der Waals surface area contributed by atoms with E-state index in [9.17, 15) is 0 Å². The van der Waals surface area contributed by atoms with Gasteiger partial charge in [-0.25, -0.2) is 0 Å². The summed E-state index contributed by atoms with van der Waals surface area (Å²) in [7, 11) is 0. The average molecular weight is 322 g/mol. The van der Waals surface area contributed by atoms with Crippen molar-refractivity contribution < 1.29 is 9.47 Å². The van der Waals surface area contributed by atoms with Crippen LogP contribution in [-0.4, -0.2) is 12.6 Å². The number of amidine groups is 1. The number of ether oxygens (including phenoxy) is 2. The van der Waals surface area contributed by atoms with Crippen LogP contribution in [0, 0.1) is 5.41 Å². The summed E-state index contributed by atoms with van der Waals surface area (Å²) in [6.45, 7) is 0.282. The van der Waals surface area contributed by atoms with E-state index in [1.165, 1.54) is 11.3 Å². The zero-order valence-corrected chi connectivity index (χ0v) is 13.0. The Morgan fingerprint density at radius 2 is 1.96 bits per heavy atom. The fourth-order valence-corrected chi connectivity index (χ4v) is 3.52. The molecule has 2 heterocycles. The van der Waals surface area contributed by atoms with Gasteiger partial charge in [0, 0.05) is 10.1 Å². The van der Waals surface area contributed by atoms with Crippen molar-refractivity contribution in [3.05, 3.63) is 58.5 Å². The molecule has 0 unspecified atom stereocenters. The van der Waals surface area contributed by atoms with Gasteiger partial charge in [-0.1, -0.05) is 30.4 Å². The monoisotopic (exact) mass is 322 g/mol. The SMILES string of the molecule is N=C(N)c1cc2c(/C=C/c3ccc4c(c3)OCO4)cccc2s1. The number of benzene rings is 2. The van der Waals surface area contributed by atoms with Crippen LogP contribution in [-0.2, 0) is 0 Å². The molecule has 0 fully saturated rings. The van der Waals surface area contributed by atoms with Gasteiger partial charge in [0.25, 0.3) is 0 Å². The maximum absolute atomic E-state index is 7.59. The van der Waals surface area contributed by atoms with E-state index in [-0.39, 0.29) is 12.6 Å². The molecule has 0 radical (unpaired) electrons. The number of nitrogen functional groups attached to an aromatic ring is 1. The predicted molar refractivity (Wildman–Crippen MR) is 94.3 cm³/mol. The van der Waals surface area contributed by atoms with Crippen molar-refractivity contribution in [2.75, 3.05) is 6.79 Å². The van der Waals surface area contributed by atoms with Gasteiger partial charge in [-0.3, -0.25) is 5.41 Å². The Morgan fingerprint density at radius 1 is 1.09 bits per heavy atom. The van der Waals surface area contributed by atoms with Crippen LogP contribution in [0.4, 0.5) is 0 Å². The Kier molecular flexibility index (Phi) is 3.28. The highest BCUT2D eigenvalue weighted by atomic mass is 32.1. The zero-order chi connectivity index (χ0) is 15.8. The van der Waals surface area contributed by atoms with E-state index in [0.717, 1.165) is 37.6 Å². The molecule has 1 aliphatic heterocycles. The van der Waals surface area contributed by atoms with Crippen LogP contribution in [0.5, 0.6) is 11.5 Å². The lowest BCUT2D eigenvalue weighted by atomic mass is 10.1. The van der Waals surface area contributed by atoms with Crippen molar-refractivity contribution in [2.24, 2.45) is 5.73 Å². The smallest absolute Gasteiger partial charge is 0.231 e. The first-order valence-corrected chi connectivity index (χ1v) is 7.97. The first-order valence-electron chi connectivity index (χ1n) is 7.15. The topological polar surface area (TPSA) is 68.3 Å². The third-order valence-electron chi connectivity index (χ3n) is 3.71. The Morgan fingerprint density at radius 3 is 2.83 bits per heavy atom. The molecule has 3 N–H and O–H groups in total. The van der Waals surface area contributed by atoms with Gasteiger partial charge in [-0.15, -0.1) is 11.3 Å². The highest BCUT2D eigenvalue weighted by molar-refractivity contribution is 7.20. The van der Waals surface area contributed by atoms with Gasteiger partial charge in [0.2, 0.25) is 6.79 Å². The minimum Gasteiger partial charge on any atom is -0.454 e. The quantitative estimate of drug-likeness (QED) is 0.433. The summed E-state index contributed by atoms with van der Waals surface area (Å²) < 4.78 is 11.8. The predicted octanol–water partition coefficient (Wildman–Crippen LogP) is 4.08. The van der Waals surface area contributed by atoms with Crippen molar-refractivity contribution in [1.29, 1.82) is 5.41 Å². The van der Waals surface area contributed by atoms with Gasteiger partial charge in [-0.2, -0.15) is 0 Å². The summed E-state index contributed by atoms with van der Waals surface area (Å²) in [4.78, 5) is 0.795. The van der Waals surface area contributed by atoms with E-state index in [1.54, 1.807) is 0 Å². The third kappa shape index (κ3) is 2.55. The molecule has 0 amide bonds. The van der Waals surface area contributed by atoms with E-state index in [2.05, 4.69) is 12.1 Å². The van der Waals surface area contributed by atoms with Crippen LogP contribution >= 0.6 is 11.3 Å². The lowest BCUT2D eigenvalue weighted by molar-refractivity contribution is 0.174. The normalized spacial score (nSPS) is 13.0. The highest BCUT2D eigenvalue weighted by Crippen LogP contribution is 2.33. The fourth-order valence-electron chi connectivity index (χ4n) is 2.56. The van der Waals surface area contributed by atoms with Gasteiger partial charge < -0.3 is 15.2 Å². The number of hydrogen-bond donors (Lipinski definition) is 2. The first kappa shape index (κ1) is 13.8. The first-order chi connectivity index (χ1) is 11.2. The van der Waals surface area contributed by atoms with E-state index >= 15 is 0 Å². The average Bonchev–Trinajstić information content (AvgIpc) is 3.18. The second-order valence-electron chi connectivity index (χ2n) is 5.23. The molecule has 0 spiro atoms. The lowest BCUT2D eigenvalue weighted by Crippen LogP contribution is -2.08. The van der Waals surface area contributed by atoms with E-state index in [0.29, 0.717) is 0 Å². The molecule has 0 atom stereocenters. The molecule has 0 saturated heterocycles. The van der Waals surface area contributed by atoms with Gasteiger partial charge in [0.1, 0.15) is 5.84 Å². The summed E-state index contributed by atoms with van der Waals surface area (Å²) in [5, 5.41) is 8.70. The molecule has 1 aliphatic rings. The van der Waals surface area contributed by atoms with E-state index in [1.807, 2.05) is 42.5 Å². The second-order valence-corrected chi connectivity index (χ2v) is 6.31. The molecule has 1 aromatic heterocycles. The number of fused-ring (bicyclic) bond motifs is 2. The molecule has 5 heteroatoms. The number of hydrogen-bond acceptors (Lipinski definition) is 4. The number of thiophene rings is 1. The molecule has 4 nitrogen and oxygen atoms in total. The summed E-state index contributed by atoms with van der Waals surface area (Å²) in [6, 6.07) is 14.0. The van der Waals surface area contributed by atoms with Crippen LogP contribution in [0.25, 0.3) is 22.2 Å². The summed E-state index contributed by atoms with van der Waals surface area (Å²) in [5.41, 5.74) is 7.74. The zero-order valence-electron chi connectivity index (χ0n) is 12.2. The highest BCUT2D eigenvalue weighted by Gasteiger charge is 2.12. The molecular weight excluding hydrogens is 308 g/mol. The van der Waals surface area contributed by atoms with Crippen LogP contribution in [0.1, 0.15) is 16.0 Å². The minimum atomic E-state index is 0.108. The third-order valence-corrected chi connectivity index (χ3v) is 4.85. The second kappa shape index (κ2) is 5.44. The summed E-state index contributed by atoms with van der Waals surface area (Å²) in [5.74, 6) is 1.67. The maximum atomic E-state index is 7.59. The van der Waals surface area contributed by atoms with Crippen molar-refractivity contribution in [1.82, 2.24) is 0 Å². The molecule has 0 saturated carbocycles. The van der Waals surface area contributed by atoms with Crippen LogP contribution < -0.4 is 15.2 Å². The van der Waals surface area contributed by atoms with E-state index in [4.69, 9.17) is 20.6 Å². The largest absolute Gasteiger partial charge is 0.454 e. The fraction of sp³-hybridized carbons (Fsp3) is 0.0556. The molecule has 114 valence electrons. The van der Waals surface area contributed by atoms with Crippen molar-refractivity contribution in [3.8, 4) is 11.5 Å². The minimum absolute atomic E-state index is 0.108. The molecular formula is C18H14N2O2S. The Hall–Kier alpha value is -2.79. The Bertz CT molecular complexity index is 943. The number of nitrogens with one attached hydrogen (secondary N) is 1. The lowest BCUT2D eigenvalue weighted by Gasteiger charge is -1.99. The van der Waals surface area contributed by atoms with Crippen LogP contribution in [0.15, 0.2) is 42.5 Å². The van der Waals surface area contributed by atoms with Gasteiger partial charge in [0.15, 0.2) is 11.5 Å². The number of rotatable bonds is 3. The molecule has 0 bridgehead atoms. The molecule has 4 rings (SSSR count). The van der Waals surface area contributed by atoms with Gasteiger partial charge in [0.05, 0.1) is 4.88 Å². The molecule has 3 aromatic rings.